The first-order valence-electron chi connectivity index (χ1n) is 25.1. The summed E-state index contributed by atoms with van der Waals surface area (Å²) in [5, 5.41) is 0. The van der Waals surface area contributed by atoms with E-state index in [9.17, 15) is 24.0 Å². The van der Waals surface area contributed by atoms with Gasteiger partial charge in [0.05, 0.1) is 90.6 Å². The second-order valence-electron chi connectivity index (χ2n) is 20.7. The Hall–Kier alpha value is -2.85. The minimum atomic E-state index is -0.468. The van der Waals surface area contributed by atoms with Gasteiger partial charge in [0, 0.05) is 32.1 Å². The lowest BCUT2D eigenvalue weighted by atomic mass is 10.0. The molecule has 0 saturated carbocycles. The van der Waals surface area contributed by atoms with Gasteiger partial charge in [-0.05, 0) is 133 Å². The van der Waals surface area contributed by atoms with Gasteiger partial charge in [-0.3, -0.25) is 24.0 Å². The Labute approximate surface area is 387 Å². The van der Waals surface area contributed by atoms with Crippen molar-refractivity contribution in [1.29, 1.82) is 0 Å². The monoisotopic (exact) mass is 921 g/mol. The molecule has 6 aliphatic rings. The number of carbonyl (C=O) groups excluding carboxylic acids is 5. The quantitative estimate of drug-likeness (QED) is 0.172. The minimum Gasteiger partial charge on any atom is -0.462 e. The fourth-order valence-electron chi connectivity index (χ4n) is 10.8. The molecule has 0 aromatic heterocycles. The predicted octanol–water partition coefficient (Wildman–Crippen LogP) is 7.53. The van der Waals surface area contributed by atoms with Crippen LogP contribution in [0.4, 0.5) is 0 Å². The van der Waals surface area contributed by atoms with Crippen molar-refractivity contribution in [2.45, 2.75) is 257 Å². The first-order chi connectivity index (χ1) is 30.8. The summed E-state index contributed by atoms with van der Waals surface area (Å²) in [5.41, 5.74) is 0. The van der Waals surface area contributed by atoms with Crippen molar-refractivity contribution < 1.29 is 71.3 Å². The smallest absolute Gasteiger partial charge is 0.311 e. The molecule has 0 aromatic rings. The van der Waals surface area contributed by atoms with Crippen LogP contribution in [-0.2, 0) is 71.3 Å². The molecule has 15 nitrogen and oxygen atoms in total. The van der Waals surface area contributed by atoms with E-state index in [1.807, 2.05) is 69.2 Å². The third kappa shape index (κ3) is 14.3. The Morgan fingerprint density at radius 2 is 0.415 bits per heavy atom. The molecule has 0 radical (unpaired) electrons. The molecule has 6 heterocycles. The summed E-state index contributed by atoms with van der Waals surface area (Å²) in [7, 11) is 0. The predicted molar refractivity (Wildman–Crippen MR) is 236 cm³/mol. The topological polar surface area (TPSA) is 178 Å². The van der Waals surface area contributed by atoms with Crippen molar-refractivity contribution in [3.63, 3.8) is 0 Å². The van der Waals surface area contributed by atoms with E-state index >= 15 is 0 Å². The number of rotatable bonds is 0. The average molecular weight is 921 g/mol. The van der Waals surface area contributed by atoms with Gasteiger partial charge in [-0.15, -0.1) is 0 Å². The summed E-state index contributed by atoms with van der Waals surface area (Å²) in [5.74, 6) is -3.95. The highest BCUT2D eigenvalue weighted by Crippen LogP contribution is 2.36. The van der Waals surface area contributed by atoms with Crippen LogP contribution >= 0.6 is 0 Å². The minimum absolute atomic E-state index is 0.149. The summed E-state index contributed by atoms with van der Waals surface area (Å²) >= 11 is 0. The Kier molecular flexibility index (Phi) is 18.6. The Bertz CT molecular complexity index is 1340. The molecule has 0 N–H and O–H groups in total. The highest BCUT2D eigenvalue weighted by atomic mass is 16.6. The largest absolute Gasteiger partial charge is 0.462 e. The molecule has 15 heteroatoms. The molecule has 0 aliphatic carbocycles. The molecule has 65 heavy (non-hydrogen) atoms. The van der Waals surface area contributed by atoms with Crippen LogP contribution < -0.4 is 0 Å². The van der Waals surface area contributed by atoms with Crippen LogP contribution in [0.5, 0.6) is 0 Å². The Morgan fingerprint density at radius 3 is 0.569 bits per heavy atom. The summed E-state index contributed by atoms with van der Waals surface area (Å²) in [6, 6.07) is 0. The summed E-state index contributed by atoms with van der Waals surface area (Å²) in [6.07, 6.45) is 5.70. The fraction of sp³-hybridized carbons (Fsp3) is 0.900. The normalized spacial score (nSPS) is 45.2. The number of fused-ring (bicyclic) bond motifs is 10. The zero-order chi connectivity index (χ0) is 47.1. The third-order valence-corrected chi connectivity index (χ3v) is 14.9. The van der Waals surface area contributed by atoms with Crippen LogP contribution in [0, 0.1) is 29.6 Å². The molecule has 370 valence electrons. The first kappa shape index (κ1) is 51.5. The zero-order valence-electron chi connectivity index (χ0n) is 40.8. The van der Waals surface area contributed by atoms with Crippen molar-refractivity contribution in [2.24, 2.45) is 29.6 Å². The molecular weight excluding hydrogens is 841 g/mol. The van der Waals surface area contributed by atoms with Gasteiger partial charge in [0.1, 0.15) is 30.5 Å². The van der Waals surface area contributed by atoms with E-state index in [-0.39, 0.29) is 121 Å². The van der Waals surface area contributed by atoms with Crippen LogP contribution in [-0.4, -0.2) is 121 Å². The molecule has 0 amide bonds. The van der Waals surface area contributed by atoms with Gasteiger partial charge in [0.15, 0.2) is 0 Å². The second-order valence-corrected chi connectivity index (χ2v) is 20.7. The van der Waals surface area contributed by atoms with Gasteiger partial charge in [0.25, 0.3) is 0 Å². The first-order valence-corrected chi connectivity index (χ1v) is 25.1. The van der Waals surface area contributed by atoms with Crippen molar-refractivity contribution in [3.8, 4) is 0 Å². The van der Waals surface area contributed by atoms with E-state index in [4.69, 9.17) is 47.4 Å². The number of cyclic esters (lactones) is 5. The van der Waals surface area contributed by atoms with E-state index in [0.29, 0.717) is 64.2 Å². The molecular formula is C50H80O15. The SMILES string of the molecule is C[C@@H]1C(=O)O[C@@H](C)C[C@@H]2CC[C@@H](O2)[C@@H](C)C(=O)O[C@@H](C)C[C@@H]2CC[C@@H](O2)[C@@H](C)C(=O)O[C@@H](C)C[C@@H]2CC[C@@H](O2)[C@@H](C)C(=O)O[C@@H](C)C[C@@H]2CC[C@@H](O2)[C@@H](C)C(=O)O[C@@H](C)C[C@@H]2CC[C@H]1O2. The number of carbonyl (C=O) groups is 5. The third-order valence-electron chi connectivity index (χ3n) is 14.9. The van der Waals surface area contributed by atoms with E-state index in [0.717, 1.165) is 32.1 Å². The summed E-state index contributed by atoms with van der Waals surface area (Å²) in [6.45, 7) is 18.5. The molecule has 10 bridgehead atoms. The van der Waals surface area contributed by atoms with Crippen LogP contribution in [0.3, 0.4) is 0 Å². The van der Waals surface area contributed by atoms with Crippen molar-refractivity contribution in [2.75, 3.05) is 0 Å². The van der Waals surface area contributed by atoms with Crippen LogP contribution in [0.25, 0.3) is 0 Å². The van der Waals surface area contributed by atoms with Gasteiger partial charge in [-0.25, -0.2) is 0 Å². The standard InChI is InChI=1S/C50H80O15/c1-26-21-36-11-16-42(61-36)32(7)47(52)57-28(3)23-38-13-18-44(63-38)34(9)49(54)59-30(5)25-40-15-20-45(65-40)35(10)50(55)60-29(4)24-39-14-19-43(64-39)33(8)48(53)58-27(2)22-37-12-17-41(62-37)31(6)46(51)56-26/h26-45H,11-25H2,1-10H3/t26-,27-,28-,29-,30-,31-,32+,33+,34+,35+,36-,37-,38-,39-,40-,41+,42+,43+,44+,45+/m0/s1. The van der Waals surface area contributed by atoms with Gasteiger partial charge in [-0.2, -0.15) is 0 Å². The number of esters is 5. The van der Waals surface area contributed by atoms with Crippen molar-refractivity contribution >= 4 is 29.8 Å². The van der Waals surface area contributed by atoms with Gasteiger partial charge in [0.2, 0.25) is 0 Å². The van der Waals surface area contributed by atoms with Crippen LogP contribution in [0.2, 0.25) is 0 Å². The molecule has 0 unspecified atom stereocenters. The zero-order valence-corrected chi connectivity index (χ0v) is 40.8. The molecule has 6 aliphatic heterocycles. The van der Waals surface area contributed by atoms with E-state index in [2.05, 4.69) is 0 Å². The van der Waals surface area contributed by atoms with Crippen LogP contribution in [0.1, 0.15) is 166 Å². The Morgan fingerprint density at radius 1 is 0.262 bits per heavy atom. The fourth-order valence-corrected chi connectivity index (χ4v) is 10.8. The molecule has 6 rings (SSSR count). The van der Waals surface area contributed by atoms with E-state index in [1.54, 1.807) is 0 Å². The van der Waals surface area contributed by atoms with E-state index < -0.39 is 29.6 Å². The highest BCUT2D eigenvalue weighted by molar-refractivity contribution is 5.74. The number of ether oxygens (including phenoxy) is 10. The lowest BCUT2D eigenvalue weighted by Crippen LogP contribution is -2.34. The highest BCUT2D eigenvalue weighted by Gasteiger charge is 2.42. The maximum Gasteiger partial charge on any atom is 0.311 e. The molecule has 0 aromatic carbocycles. The van der Waals surface area contributed by atoms with E-state index in [1.165, 1.54) is 0 Å². The maximum atomic E-state index is 13.3. The van der Waals surface area contributed by atoms with Crippen LogP contribution in [0.15, 0.2) is 0 Å². The van der Waals surface area contributed by atoms with Gasteiger partial charge in [-0.1, -0.05) is 0 Å². The molecule has 20 atom stereocenters. The lowest BCUT2D eigenvalue weighted by molar-refractivity contribution is -0.162. The Balaban J connectivity index is 1.03. The van der Waals surface area contributed by atoms with Gasteiger partial charge < -0.3 is 47.4 Å². The average Bonchev–Trinajstić information content (AvgIpc) is 4.11. The molecule has 0 spiro atoms. The maximum absolute atomic E-state index is 13.3. The summed E-state index contributed by atoms with van der Waals surface area (Å²) < 4.78 is 61.0. The number of hydrogen-bond acceptors (Lipinski definition) is 15. The second kappa shape index (κ2) is 23.4. The summed E-state index contributed by atoms with van der Waals surface area (Å²) in [4.78, 5) is 66.3. The van der Waals surface area contributed by atoms with Crippen molar-refractivity contribution in [3.05, 3.63) is 0 Å². The lowest BCUT2D eigenvalue weighted by Gasteiger charge is -2.26. The molecule has 6 saturated heterocycles. The van der Waals surface area contributed by atoms with Gasteiger partial charge >= 0.3 is 29.8 Å². The van der Waals surface area contributed by atoms with Crippen molar-refractivity contribution in [1.82, 2.24) is 0 Å². The number of hydrogen-bond donors (Lipinski definition) is 0. The molecule has 6 fully saturated rings.